The van der Waals surface area contributed by atoms with Crippen LogP contribution in [0.4, 0.5) is 0 Å². The van der Waals surface area contributed by atoms with Crippen LogP contribution in [0.25, 0.3) is 0 Å². The number of rotatable bonds is 5. The number of aryl methyl sites for hydroxylation is 1. The van der Waals surface area contributed by atoms with Crippen molar-refractivity contribution >= 4 is 27.1 Å². The molecule has 2 heterocycles. The minimum Gasteiger partial charge on any atom is -0.292 e. The molecule has 25 heavy (non-hydrogen) atoms. The minimum atomic E-state index is -3.51. The van der Waals surface area contributed by atoms with Crippen LogP contribution in [0.1, 0.15) is 39.8 Å². The first-order chi connectivity index (χ1) is 11.9. The van der Waals surface area contributed by atoms with Gasteiger partial charge in [-0.25, -0.2) is 13.4 Å². The Labute approximate surface area is 150 Å². The van der Waals surface area contributed by atoms with Crippen LogP contribution in [0.2, 0.25) is 0 Å². The SMILES string of the molecule is Cc1csc([C@H](C#N)C(=O)c2ccc(S(=O)(=O)N3CCCC3)cc2)n1. The van der Waals surface area contributed by atoms with Crippen LogP contribution in [0.15, 0.2) is 34.5 Å². The van der Waals surface area contributed by atoms with Gasteiger partial charge in [-0.05, 0) is 31.9 Å². The number of aromatic nitrogens is 1. The Morgan fingerprint density at radius 1 is 1.28 bits per heavy atom. The van der Waals surface area contributed by atoms with Gasteiger partial charge in [-0.15, -0.1) is 11.3 Å². The highest BCUT2D eigenvalue weighted by atomic mass is 32.2. The summed E-state index contributed by atoms with van der Waals surface area (Å²) in [6.07, 6.45) is 1.74. The summed E-state index contributed by atoms with van der Waals surface area (Å²) in [5.74, 6) is -1.35. The van der Waals surface area contributed by atoms with Crippen LogP contribution < -0.4 is 0 Å². The number of nitriles is 1. The molecule has 1 aromatic carbocycles. The lowest BCUT2D eigenvalue weighted by molar-refractivity contribution is 0.0978. The van der Waals surface area contributed by atoms with E-state index in [1.165, 1.54) is 39.9 Å². The largest absolute Gasteiger partial charge is 0.292 e. The van der Waals surface area contributed by atoms with Crippen LogP contribution in [0.5, 0.6) is 0 Å². The maximum atomic E-state index is 12.6. The molecule has 8 heteroatoms. The second-order valence-corrected chi connectivity index (χ2v) is 8.72. The van der Waals surface area contributed by atoms with Crippen molar-refractivity contribution in [1.82, 2.24) is 9.29 Å². The number of hydrogen-bond acceptors (Lipinski definition) is 6. The van der Waals surface area contributed by atoms with E-state index in [9.17, 15) is 18.5 Å². The van der Waals surface area contributed by atoms with Crippen molar-refractivity contribution in [2.45, 2.75) is 30.6 Å². The topological polar surface area (TPSA) is 91.1 Å². The smallest absolute Gasteiger partial charge is 0.243 e. The number of thiazole rings is 1. The molecule has 130 valence electrons. The third-order valence-corrected chi connectivity index (χ3v) is 7.06. The molecule has 0 amide bonds. The Balaban J connectivity index is 1.84. The second kappa shape index (κ2) is 7.04. The molecule has 2 aromatic rings. The maximum Gasteiger partial charge on any atom is 0.243 e. The lowest BCUT2D eigenvalue weighted by atomic mass is 9.99. The zero-order chi connectivity index (χ0) is 18.0. The van der Waals surface area contributed by atoms with Crippen LogP contribution in [-0.2, 0) is 10.0 Å². The molecule has 1 aliphatic heterocycles. The second-order valence-electron chi connectivity index (χ2n) is 5.89. The molecule has 1 saturated heterocycles. The molecule has 1 atom stereocenters. The number of carbonyl (C=O) groups excluding carboxylic acids is 1. The van der Waals surface area contributed by atoms with E-state index in [4.69, 9.17) is 0 Å². The Bertz CT molecular complexity index is 921. The fraction of sp³-hybridized carbons (Fsp3) is 0.353. The van der Waals surface area contributed by atoms with Gasteiger partial charge in [0.05, 0.1) is 11.0 Å². The van der Waals surface area contributed by atoms with Gasteiger partial charge in [0, 0.05) is 29.7 Å². The molecule has 1 aromatic heterocycles. The molecule has 1 aliphatic rings. The van der Waals surface area contributed by atoms with E-state index in [1.807, 2.05) is 6.07 Å². The first-order valence-electron chi connectivity index (χ1n) is 7.89. The summed E-state index contributed by atoms with van der Waals surface area (Å²) in [5.41, 5.74) is 1.07. The minimum absolute atomic E-state index is 0.171. The fourth-order valence-electron chi connectivity index (χ4n) is 2.77. The summed E-state index contributed by atoms with van der Waals surface area (Å²) >= 11 is 1.27. The van der Waals surface area contributed by atoms with Gasteiger partial charge in [-0.3, -0.25) is 4.79 Å². The predicted octanol–water partition coefficient (Wildman–Crippen LogP) is 2.73. The zero-order valence-electron chi connectivity index (χ0n) is 13.7. The number of benzene rings is 1. The monoisotopic (exact) mass is 375 g/mol. The van der Waals surface area contributed by atoms with Gasteiger partial charge in [-0.2, -0.15) is 9.57 Å². The molecule has 0 saturated carbocycles. The Morgan fingerprint density at radius 2 is 1.92 bits per heavy atom. The van der Waals surface area contributed by atoms with E-state index in [0.29, 0.717) is 23.7 Å². The first kappa shape index (κ1) is 17.7. The van der Waals surface area contributed by atoms with Gasteiger partial charge in [0.25, 0.3) is 0 Å². The molecular weight excluding hydrogens is 358 g/mol. The molecule has 0 unspecified atom stereocenters. The Kier molecular flexibility index (Phi) is 4.99. The third kappa shape index (κ3) is 3.49. The van der Waals surface area contributed by atoms with Gasteiger partial charge >= 0.3 is 0 Å². The van der Waals surface area contributed by atoms with Crippen LogP contribution in [0.3, 0.4) is 0 Å². The van der Waals surface area contributed by atoms with Crippen LogP contribution in [-0.4, -0.2) is 36.6 Å². The molecule has 0 bridgehead atoms. The van der Waals surface area contributed by atoms with E-state index < -0.39 is 15.9 Å². The number of hydrogen-bond donors (Lipinski definition) is 0. The summed E-state index contributed by atoms with van der Waals surface area (Å²) in [6.45, 7) is 2.86. The summed E-state index contributed by atoms with van der Waals surface area (Å²) in [5, 5.41) is 11.6. The third-order valence-electron chi connectivity index (χ3n) is 4.12. The van der Waals surface area contributed by atoms with Crippen LogP contribution in [0, 0.1) is 18.3 Å². The van der Waals surface area contributed by atoms with Gasteiger partial charge in [0.2, 0.25) is 10.0 Å². The maximum absolute atomic E-state index is 12.6. The lowest BCUT2D eigenvalue weighted by Crippen LogP contribution is -2.27. The Morgan fingerprint density at radius 3 is 2.44 bits per heavy atom. The van der Waals surface area contributed by atoms with E-state index in [1.54, 1.807) is 12.3 Å². The molecular formula is C17H17N3O3S2. The standard InChI is InChI=1S/C17H17N3O3S2/c1-12-11-24-17(19-12)15(10-18)16(21)13-4-6-14(7-5-13)25(22,23)20-8-2-3-9-20/h4-7,11,15H,2-3,8-9H2,1H3/t15-/m1/s1. The van der Waals surface area contributed by atoms with E-state index >= 15 is 0 Å². The average Bonchev–Trinajstić information content (AvgIpc) is 3.28. The number of nitrogens with zero attached hydrogens (tertiary/aromatic N) is 3. The molecule has 0 radical (unpaired) electrons. The van der Waals surface area contributed by atoms with Crippen molar-refractivity contribution in [1.29, 1.82) is 5.26 Å². The average molecular weight is 375 g/mol. The molecule has 1 fully saturated rings. The van der Waals surface area contributed by atoms with Crippen molar-refractivity contribution in [3.05, 3.63) is 45.9 Å². The highest BCUT2D eigenvalue weighted by Crippen LogP contribution is 2.25. The van der Waals surface area contributed by atoms with Gasteiger partial charge in [0.1, 0.15) is 5.01 Å². The zero-order valence-corrected chi connectivity index (χ0v) is 15.3. The lowest BCUT2D eigenvalue weighted by Gasteiger charge is -2.15. The van der Waals surface area contributed by atoms with Crippen LogP contribution >= 0.6 is 11.3 Å². The highest BCUT2D eigenvalue weighted by molar-refractivity contribution is 7.89. The van der Waals surface area contributed by atoms with E-state index in [-0.39, 0.29) is 10.7 Å². The number of carbonyl (C=O) groups is 1. The molecule has 6 nitrogen and oxygen atoms in total. The predicted molar refractivity (Wildman–Crippen MR) is 94.0 cm³/mol. The van der Waals surface area contributed by atoms with Crippen molar-refractivity contribution in [2.24, 2.45) is 0 Å². The number of ketones is 1. The molecule has 0 spiro atoms. The molecule has 0 aliphatic carbocycles. The summed E-state index contributed by atoms with van der Waals surface area (Å²) in [4.78, 5) is 17.0. The summed E-state index contributed by atoms with van der Waals surface area (Å²) in [7, 11) is -3.51. The van der Waals surface area contributed by atoms with Crippen molar-refractivity contribution < 1.29 is 13.2 Å². The molecule has 3 rings (SSSR count). The first-order valence-corrected chi connectivity index (χ1v) is 10.2. The van der Waals surface area contributed by atoms with Crippen molar-refractivity contribution in [3.8, 4) is 6.07 Å². The fourth-order valence-corrected chi connectivity index (χ4v) is 5.12. The van der Waals surface area contributed by atoms with Crippen molar-refractivity contribution in [2.75, 3.05) is 13.1 Å². The van der Waals surface area contributed by atoms with E-state index in [0.717, 1.165) is 18.5 Å². The summed E-state index contributed by atoms with van der Waals surface area (Å²) < 4.78 is 26.5. The number of Topliss-reactive ketones (excluding diaryl/α,β-unsaturated/α-hetero) is 1. The quantitative estimate of drug-likeness (QED) is 0.750. The summed E-state index contributed by atoms with van der Waals surface area (Å²) in [6, 6.07) is 7.79. The number of sulfonamides is 1. The van der Waals surface area contributed by atoms with Crippen molar-refractivity contribution in [3.63, 3.8) is 0 Å². The normalized spacial score (nSPS) is 16.5. The van der Waals surface area contributed by atoms with Gasteiger partial charge in [-0.1, -0.05) is 12.1 Å². The van der Waals surface area contributed by atoms with Gasteiger partial charge in [0.15, 0.2) is 11.7 Å². The van der Waals surface area contributed by atoms with Gasteiger partial charge < -0.3 is 0 Å². The molecule has 0 N–H and O–H groups in total. The Hall–Kier alpha value is -2.08. The highest BCUT2D eigenvalue weighted by Gasteiger charge is 2.28. The van der Waals surface area contributed by atoms with E-state index in [2.05, 4.69) is 4.98 Å².